The Kier molecular flexibility index (Phi) is 4.60. The summed E-state index contributed by atoms with van der Waals surface area (Å²) in [6.07, 6.45) is 8.10. The summed E-state index contributed by atoms with van der Waals surface area (Å²) >= 11 is 0. The monoisotopic (exact) mass is 293 g/mol. The summed E-state index contributed by atoms with van der Waals surface area (Å²) in [6.45, 7) is 6.01. The fourth-order valence-corrected chi connectivity index (χ4v) is 3.72. The van der Waals surface area contributed by atoms with Gasteiger partial charge >= 0.3 is 0 Å². The second kappa shape index (κ2) is 6.44. The van der Waals surface area contributed by atoms with Crippen LogP contribution in [0.1, 0.15) is 76.6 Å². The van der Waals surface area contributed by atoms with Crippen LogP contribution in [0.2, 0.25) is 0 Å². The molecule has 1 aliphatic heterocycles. The fraction of sp³-hybridized carbons (Fsp3) is 0.875. The van der Waals surface area contributed by atoms with Crippen LogP contribution in [-0.2, 0) is 10.3 Å². The minimum absolute atomic E-state index is 0.204. The van der Waals surface area contributed by atoms with E-state index in [-0.39, 0.29) is 11.6 Å². The Morgan fingerprint density at radius 1 is 1.29 bits per heavy atom. The van der Waals surface area contributed by atoms with Crippen LogP contribution in [0.4, 0.5) is 0 Å². The van der Waals surface area contributed by atoms with Crippen molar-refractivity contribution >= 4 is 0 Å². The van der Waals surface area contributed by atoms with Gasteiger partial charge in [0.05, 0.1) is 6.04 Å². The van der Waals surface area contributed by atoms with Crippen molar-refractivity contribution < 1.29 is 9.26 Å². The molecule has 21 heavy (non-hydrogen) atoms. The number of nitrogens with zero attached hydrogens (tertiary/aromatic N) is 2. The van der Waals surface area contributed by atoms with Gasteiger partial charge in [-0.1, -0.05) is 37.8 Å². The maximum absolute atomic E-state index is 6.13. The van der Waals surface area contributed by atoms with Gasteiger partial charge in [-0.25, -0.2) is 0 Å². The predicted octanol–water partition coefficient (Wildman–Crippen LogP) is 3.33. The maximum atomic E-state index is 6.13. The smallest absolute Gasteiger partial charge is 0.244 e. The number of ether oxygens (including phenoxy) is 1. The summed E-state index contributed by atoms with van der Waals surface area (Å²) in [5.41, 5.74) is -0.325. The van der Waals surface area contributed by atoms with Gasteiger partial charge in [0.25, 0.3) is 0 Å². The summed E-state index contributed by atoms with van der Waals surface area (Å²) in [5, 5.41) is 7.76. The van der Waals surface area contributed by atoms with Crippen molar-refractivity contribution in [1.82, 2.24) is 15.5 Å². The first-order valence-corrected chi connectivity index (χ1v) is 8.46. The van der Waals surface area contributed by atoms with E-state index in [4.69, 9.17) is 14.2 Å². The van der Waals surface area contributed by atoms with E-state index >= 15 is 0 Å². The number of rotatable bonds is 4. The zero-order valence-electron chi connectivity index (χ0n) is 13.2. The van der Waals surface area contributed by atoms with E-state index in [1.807, 2.05) is 6.92 Å². The van der Waals surface area contributed by atoms with Crippen molar-refractivity contribution in [2.24, 2.45) is 5.92 Å². The quantitative estimate of drug-likeness (QED) is 0.863. The van der Waals surface area contributed by atoms with E-state index in [1.54, 1.807) is 0 Å². The molecule has 0 amide bonds. The third-order valence-electron chi connectivity index (χ3n) is 4.98. The molecular weight excluding hydrogens is 266 g/mol. The van der Waals surface area contributed by atoms with E-state index < -0.39 is 0 Å². The van der Waals surface area contributed by atoms with Gasteiger partial charge in [-0.3, -0.25) is 0 Å². The second-order valence-electron chi connectivity index (χ2n) is 6.50. The molecule has 1 saturated heterocycles. The van der Waals surface area contributed by atoms with Crippen LogP contribution < -0.4 is 5.32 Å². The molecule has 2 fully saturated rings. The summed E-state index contributed by atoms with van der Waals surface area (Å²) in [7, 11) is 0. The normalized spacial score (nSPS) is 29.4. The lowest BCUT2D eigenvalue weighted by atomic mass is 9.93. The summed E-state index contributed by atoms with van der Waals surface area (Å²) in [4.78, 5) is 4.73. The highest BCUT2D eigenvalue weighted by Crippen LogP contribution is 2.39. The highest BCUT2D eigenvalue weighted by Gasteiger charge is 2.39. The van der Waals surface area contributed by atoms with E-state index in [9.17, 15) is 0 Å². The lowest BCUT2D eigenvalue weighted by Crippen LogP contribution is -2.31. The van der Waals surface area contributed by atoms with Gasteiger partial charge in [-0.05, 0) is 38.6 Å². The van der Waals surface area contributed by atoms with Gasteiger partial charge < -0.3 is 14.6 Å². The van der Waals surface area contributed by atoms with E-state index in [1.165, 1.54) is 32.1 Å². The number of hydrogen-bond donors (Lipinski definition) is 1. The molecule has 5 heteroatoms. The van der Waals surface area contributed by atoms with Gasteiger partial charge in [-0.15, -0.1) is 0 Å². The Morgan fingerprint density at radius 3 is 2.67 bits per heavy atom. The summed E-state index contributed by atoms with van der Waals surface area (Å²) < 4.78 is 11.7. The van der Waals surface area contributed by atoms with Crippen molar-refractivity contribution in [2.75, 3.05) is 13.2 Å². The topological polar surface area (TPSA) is 60.2 Å². The summed E-state index contributed by atoms with van der Waals surface area (Å²) in [5.74, 6) is 2.05. The van der Waals surface area contributed by atoms with Crippen LogP contribution in [0.3, 0.4) is 0 Å². The van der Waals surface area contributed by atoms with Crippen LogP contribution in [0.15, 0.2) is 4.52 Å². The molecule has 2 unspecified atom stereocenters. The van der Waals surface area contributed by atoms with Crippen LogP contribution in [0, 0.1) is 5.92 Å². The molecule has 2 atom stereocenters. The van der Waals surface area contributed by atoms with E-state index in [0.717, 1.165) is 31.1 Å². The van der Waals surface area contributed by atoms with Crippen LogP contribution >= 0.6 is 0 Å². The average Bonchev–Trinajstić information content (AvgIpc) is 3.05. The first-order valence-electron chi connectivity index (χ1n) is 8.46. The molecule has 2 aliphatic rings. The third kappa shape index (κ3) is 2.99. The first-order chi connectivity index (χ1) is 10.2. The van der Waals surface area contributed by atoms with E-state index in [0.29, 0.717) is 12.5 Å². The average molecular weight is 293 g/mol. The maximum Gasteiger partial charge on any atom is 0.244 e. The van der Waals surface area contributed by atoms with Gasteiger partial charge in [0.1, 0.15) is 5.60 Å². The Hall–Kier alpha value is -0.940. The molecular formula is C16H27N3O2. The van der Waals surface area contributed by atoms with Crippen molar-refractivity contribution in [3.63, 3.8) is 0 Å². The van der Waals surface area contributed by atoms with E-state index in [2.05, 4.69) is 17.4 Å². The minimum Gasteiger partial charge on any atom is -0.367 e. The van der Waals surface area contributed by atoms with Gasteiger partial charge in [0.2, 0.25) is 11.7 Å². The lowest BCUT2D eigenvalue weighted by molar-refractivity contribution is -0.0636. The number of hydrogen-bond acceptors (Lipinski definition) is 5. The predicted molar refractivity (Wildman–Crippen MR) is 79.8 cm³/mol. The molecule has 3 rings (SSSR count). The van der Waals surface area contributed by atoms with Gasteiger partial charge in [-0.2, -0.15) is 4.98 Å². The molecule has 118 valence electrons. The van der Waals surface area contributed by atoms with Crippen LogP contribution in [0.5, 0.6) is 0 Å². The first kappa shape index (κ1) is 15.0. The Morgan fingerprint density at radius 2 is 2.05 bits per heavy atom. The van der Waals surface area contributed by atoms with Crippen LogP contribution in [0.25, 0.3) is 0 Å². The fourth-order valence-electron chi connectivity index (χ4n) is 3.72. The highest BCUT2D eigenvalue weighted by atomic mass is 16.5. The molecule has 0 radical (unpaired) electrons. The molecule has 1 saturated carbocycles. The number of nitrogens with one attached hydrogen (secondary N) is 1. The molecule has 1 aliphatic carbocycles. The second-order valence-corrected chi connectivity index (χ2v) is 6.50. The molecule has 0 aromatic carbocycles. The molecule has 2 heterocycles. The van der Waals surface area contributed by atoms with Gasteiger partial charge in [0.15, 0.2) is 0 Å². The largest absolute Gasteiger partial charge is 0.367 e. The number of aromatic nitrogens is 2. The summed E-state index contributed by atoms with van der Waals surface area (Å²) in [6, 6.07) is 0.204. The zero-order valence-corrected chi connectivity index (χ0v) is 13.2. The lowest BCUT2D eigenvalue weighted by Gasteiger charge is -2.29. The van der Waals surface area contributed by atoms with Crippen LogP contribution in [-0.4, -0.2) is 23.3 Å². The molecule has 1 aromatic rings. The van der Waals surface area contributed by atoms with Crippen molar-refractivity contribution in [2.45, 2.75) is 70.4 Å². The third-order valence-corrected chi connectivity index (χ3v) is 4.98. The van der Waals surface area contributed by atoms with Crippen molar-refractivity contribution in [3.8, 4) is 0 Å². The Balaban J connectivity index is 1.84. The molecule has 0 spiro atoms. The standard InChI is InChI=1S/C16H27N3O2/c1-3-20-16(9-6-4-5-7-10-16)15-18-14(21-19-15)13-12(2)8-11-17-13/h12-13,17H,3-11H2,1-2H3. The molecule has 0 bridgehead atoms. The Labute approximate surface area is 126 Å². The zero-order chi connectivity index (χ0) is 14.7. The van der Waals surface area contributed by atoms with Crippen molar-refractivity contribution in [1.29, 1.82) is 0 Å². The highest BCUT2D eigenvalue weighted by molar-refractivity contribution is 5.06. The Bertz CT molecular complexity index is 452. The molecule has 5 nitrogen and oxygen atoms in total. The van der Waals surface area contributed by atoms with Gasteiger partial charge in [0, 0.05) is 6.61 Å². The molecule has 1 aromatic heterocycles. The molecule has 1 N–H and O–H groups in total. The minimum atomic E-state index is -0.325. The SMILES string of the molecule is CCOC1(c2noc(C3NCCC3C)n2)CCCCCC1. The van der Waals surface area contributed by atoms with Crippen molar-refractivity contribution in [3.05, 3.63) is 11.7 Å².